The van der Waals surface area contributed by atoms with Gasteiger partial charge in [0.1, 0.15) is 5.75 Å². The number of hydrogen-bond acceptors (Lipinski definition) is 3. The highest BCUT2D eigenvalue weighted by atomic mass is 35.6. The highest BCUT2D eigenvalue weighted by molar-refractivity contribution is 7.12. The van der Waals surface area contributed by atoms with Crippen molar-refractivity contribution in [3.63, 3.8) is 0 Å². The largest absolute Gasteiger partial charge is 0.464 e. The molecular weight excluding hydrogens is 411 g/mol. The van der Waals surface area contributed by atoms with Crippen LogP contribution in [0.25, 0.3) is 0 Å². The van der Waals surface area contributed by atoms with Crippen molar-refractivity contribution in [1.29, 1.82) is 0 Å². The predicted molar refractivity (Wildman–Crippen MR) is 93.0 cm³/mol. The number of carbonyl (C=O) groups is 1. The zero-order chi connectivity index (χ0) is 16.3. The number of ether oxygens (including phenoxy) is 1. The number of amides is 1. The fraction of sp³-hybridized carbons (Fsp3) is 0.154. The number of rotatable bonds is 4. The highest BCUT2D eigenvalue weighted by Crippen LogP contribution is 2.35. The smallest absolute Gasteiger partial charge is 0.264 e. The normalized spacial score (nSPS) is 12.8. The number of halogens is 5. The van der Waals surface area contributed by atoms with Gasteiger partial charge < -0.3 is 10.1 Å². The summed E-state index contributed by atoms with van der Waals surface area (Å²) in [5.74, 6) is -0.190. The maximum Gasteiger partial charge on any atom is 0.264 e. The van der Waals surface area contributed by atoms with Crippen molar-refractivity contribution in [2.75, 3.05) is 0 Å². The maximum absolute atomic E-state index is 12.1. The monoisotopic (exact) mass is 417 g/mol. The van der Waals surface area contributed by atoms with E-state index in [0.29, 0.717) is 9.90 Å². The summed E-state index contributed by atoms with van der Waals surface area (Å²) >= 11 is 30.7. The molecule has 2 rings (SSSR count). The van der Waals surface area contributed by atoms with E-state index in [9.17, 15) is 4.79 Å². The molecule has 1 amide bonds. The number of alkyl halides is 3. The van der Waals surface area contributed by atoms with E-state index in [1.165, 1.54) is 23.5 Å². The quantitative estimate of drug-likeness (QED) is 0.520. The molecule has 0 radical (unpaired) electrons. The molecule has 0 aliphatic heterocycles. The summed E-state index contributed by atoms with van der Waals surface area (Å²) in [6.07, 6.45) is -1.23. The van der Waals surface area contributed by atoms with Crippen LogP contribution in [0, 0.1) is 0 Å². The highest BCUT2D eigenvalue weighted by Gasteiger charge is 2.37. The van der Waals surface area contributed by atoms with E-state index >= 15 is 0 Å². The van der Waals surface area contributed by atoms with Crippen molar-refractivity contribution in [1.82, 2.24) is 5.32 Å². The van der Waals surface area contributed by atoms with Gasteiger partial charge >= 0.3 is 0 Å². The second-order valence-electron chi connectivity index (χ2n) is 4.07. The Balaban J connectivity index is 2.18. The molecule has 9 heteroatoms. The van der Waals surface area contributed by atoms with Crippen LogP contribution in [-0.2, 0) is 0 Å². The minimum atomic E-state index is -1.89. The number of nitrogens with one attached hydrogen (secondary N) is 1. The maximum atomic E-state index is 12.1. The van der Waals surface area contributed by atoms with Crippen molar-refractivity contribution in [3.05, 3.63) is 50.6 Å². The molecule has 1 unspecified atom stereocenters. The average molecular weight is 420 g/mol. The Labute approximate surface area is 156 Å². The van der Waals surface area contributed by atoms with Crippen LogP contribution in [0.1, 0.15) is 9.67 Å². The van der Waals surface area contributed by atoms with Gasteiger partial charge in [0.05, 0.1) is 9.90 Å². The average Bonchev–Trinajstić information content (AvgIpc) is 2.93. The lowest BCUT2D eigenvalue weighted by Crippen LogP contribution is -2.47. The van der Waals surface area contributed by atoms with Gasteiger partial charge in [-0.1, -0.05) is 64.1 Å². The third-order valence-electron chi connectivity index (χ3n) is 2.44. The number of hydrogen-bond donors (Lipinski definition) is 1. The summed E-state index contributed by atoms with van der Waals surface area (Å²) in [7, 11) is 0. The van der Waals surface area contributed by atoms with E-state index in [2.05, 4.69) is 5.32 Å². The van der Waals surface area contributed by atoms with E-state index in [4.69, 9.17) is 62.7 Å². The van der Waals surface area contributed by atoms with Crippen LogP contribution in [0.4, 0.5) is 0 Å². The van der Waals surface area contributed by atoms with Gasteiger partial charge in [-0.05, 0) is 29.6 Å². The fourth-order valence-electron chi connectivity index (χ4n) is 1.47. The van der Waals surface area contributed by atoms with Crippen LogP contribution >= 0.6 is 69.3 Å². The molecule has 22 heavy (non-hydrogen) atoms. The lowest BCUT2D eigenvalue weighted by molar-refractivity contribution is 0.0837. The number of thiophene rings is 1. The summed E-state index contributed by atoms with van der Waals surface area (Å²) in [4.78, 5) is 12.5. The van der Waals surface area contributed by atoms with Crippen molar-refractivity contribution in [3.8, 4) is 5.75 Å². The molecule has 0 aliphatic carbocycles. The molecular formula is C13H8Cl5NO2S. The van der Waals surface area contributed by atoms with Crippen LogP contribution in [0.2, 0.25) is 10.0 Å². The summed E-state index contributed by atoms with van der Waals surface area (Å²) in [6, 6.07) is 7.95. The van der Waals surface area contributed by atoms with Gasteiger partial charge in [0.15, 0.2) is 0 Å². The molecule has 1 aromatic heterocycles. The van der Waals surface area contributed by atoms with Gasteiger partial charge in [-0.2, -0.15) is 0 Å². The van der Waals surface area contributed by atoms with Crippen LogP contribution in [-0.4, -0.2) is 15.9 Å². The van der Waals surface area contributed by atoms with Crippen LogP contribution in [0.5, 0.6) is 5.75 Å². The zero-order valence-corrected chi connectivity index (χ0v) is 15.3. The Morgan fingerprint density at radius 1 is 1.23 bits per heavy atom. The van der Waals surface area contributed by atoms with Crippen LogP contribution in [0.3, 0.4) is 0 Å². The van der Waals surface area contributed by atoms with Gasteiger partial charge in [0.2, 0.25) is 10.0 Å². The van der Waals surface area contributed by atoms with Gasteiger partial charge in [-0.15, -0.1) is 11.3 Å². The first kappa shape index (κ1) is 18.0. The van der Waals surface area contributed by atoms with Crippen molar-refractivity contribution >= 4 is 75.2 Å². The van der Waals surface area contributed by atoms with Crippen LogP contribution in [0.15, 0.2) is 35.7 Å². The summed E-state index contributed by atoms with van der Waals surface area (Å²) in [6.45, 7) is 0. The summed E-state index contributed by atoms with van der Waals surface area (Å²) in [5, 5.41) is 4.94. The van der Waals surface area contributed by atoms with E-state index in [1.54, 1.807) is 23.6 Å². The molecule has 1 heterocycles. The molecule has 0 spiro atoms. The van der Waals surface area contributed by atoms with Crippen molar-refractivity contribution in [2.45, 2.75) is 10.0 Å². The number of carbonyl (C=O) groups excluding carboxylic acids is 1. The molecule has 0 saturated carbocycles. The molecule has 0 fully saturated rings. The fourth-order valence-corrected chi connectivity index (χ4v) is 2.85. The Bertz CT molecular complexity index is 657. The minimum Gasteiger partial charge on any atom is -0.464 e. The standard InChI is InChI=1S/C13H8Cl5NO2S/c14-7-3-4-9(8(15)6-7)21-12(13(16,17)18)19-11(20)10-2-1-5-22-10/h1-6,12H,(H,19,20). The Morgan fingerprint density at radius 3 is 2.50 bits per heavy atom. The molecule has 0 bridgehead atoms. The van der Waals surface area contributed by atoms with Crippen LogP contribution < -0.4 is 10.1 Å². The molecule has 0 aliphatic rings. The first-order chi connectivity index (χ1) is 10.3. The zero-order valence-electron chi connectivity index (χ0n) is 10.7. The Hall–Kier alpha value is -0.360. The van der Waals surface area contributed by atoms with E-state index in [-0.39, 0.29) is 10.8 Å². The minimum absolute atomic E-state index is 0.230. The van der Waals surface area contributed by atoms with Crippen molar-refractivity contribution in [2.24, 2.45) is 0 Å². The molecule has 0 saturated heterocycles. The van der Waals surface area contributed by atoms with E-state index in [1.807, 2.05) is 0 Å². The van der Waals surface area contributed by atoms with E-state index in [0.717, 1.165) is 0 Å². The molecule has 1 aromatic carbocycles. The van der Waals surface area contributed by atoms with Gasteiger partial charge in [-0.3, -0.25) is 4.79 Å². The topological polar surface area (TPSA) is 38.3 Å². The number of benzene rings is 1. The summed E-state index contributed by atoms with van der Waals surface area (Å²) < 4.78 is 3.63. The Morgan fingerprint density at radius 2 is 1.95 bits per heavy atom. The second kappa shape index (κ2) is 7.47. The first-order valence-corrected chi connectivity index (χ1v) is 8.57. The molecule has 1 atom stereocenters. The molecule has 1 N–H and O–H groups in total. The lowest BCUT2D eigenvalue weighted by atomic mass is 10.3. The molecule has 2 aromatic rings. The second-order valence-corrected chi connectivity index (χ2v) is 8.23. The Kier molecular flexibility index (Phi) is 6.11. The first-order valence-electron chi connectivity index (χ1n) is 5.80. The summed E-state index contributed by atoms with van der Waals surface area (Å²) in [5.41, 5.74) is 0. The third kappa shape index (κ3) is 4.82. The van der Waals surface area contributed by atoms with Gasteiger partial charge in [-0.25, -0.2) is 0 Å². The van der Waals surface area contributed by atoms with Gasteiger partial charge in [0, 0.05) is 5.02 Å². The predicted octanol–water partition coefficient (Wildman–Crippen LogP) is 5.56. The lowest BCUT2D eigenvalue weighted by Gasteiger charge is -2.26. The van der Waals surface area contributed by atoms with Crippen molar-refractivity contribution < 1.29 is 9.53 Å². The SMILES string of the molecule is O=C(NC(Oc1ccc(Cl)cc1Cl)C(Cl)(Cl)Cl)c1cccs1. The molecule has 3 nitrogen and oxygen atoms in total. The van der Waals surface area contributed by atoms with Gasteiger partial charge in [0.25, 0.3) is 5.91 Å². The third-order valence-corrected chi connectivity index (χ3v) is 4.44. The molecule has 118 valence electrons. The van der Waals surface area contributed by atoms with E-state index < -0.39 is 15.9 Å².